The highest BCUT2D eigenvalue weighted by Crippen LogP contribution is 2.27. The summed E-state index contributed by atoms with van der Waals surface area (Å²) >= 11 is 0. The summed E-state index contributed by atoms with van der Waals surface area (Å²) in [5, 5.41) is 3.64. The van der Waals surface area contributed by atoms with Crippen LogP contribution in [0.15, 0.2) is 6.20 Å². The van der Waals surface area contributed by atoms with Gasteiger partial charge in [-0.15, -0.1) is 0 Å². The molecule has 0 amide bonds. The van der Waals surface area contributed by atoms with Crippen LogP contribution < -0.4 is 5.32 Å². The standard InChI is InChI=1S/C12H19N3/c1-9-14-7-11-5-4-10(8-15(9)11)12-3-2-6-13-12/h7,10,12-13H,2-6,8H2,1H3. The van der Waals surface area contributed by atoms with Gasteiger partial charge in [0, 0.05) is 24.5 Å². The van der Waals surface area contributed by atoms with Crippen molar-refractivity contribution in [2.75, 3.05) is 6.54 Å². The molecule has 2 aliphatic rings. The minimum absolute atomic E-state index is 0.764. The number of hydrogen-bond donors (Lipinski definition) is 1. The molecule has 0 bridgehead atoms. The van der Waals surface area contributed by atoms with E-state index in [1.807, 2.05) is 6.20 Å². The van der Waals surface area contributed by atoms with Crippen molar-refractivity contribution in [1.29, 1.82) is 0 Å². The van der Waals surface area contributed by atoms with Crippen molar-refractivity contribution in [3.05, 3.63) is 17.7 Å². The van der Waals surface area contributed by atoms with Crippen LogP contribution in [0, 0.1) is 12.8 Å². The first-order valence-corrected chi connectivity index (χ1v) is 6.09. The summed E-state index contributed by atoms with van der Waals surface area (Å²) in [7, 11) is 0. The Kier molecular flexibility index (Phi) is 2.28. The molecule has 2 aliphatic heterocycles. The number of hydrogen-bond acceptors (Lipinski definition) is 2. The number of nitrogens with zero attached hydrogens (tertiary/aromatic N) is 2. The minimum Gasteiger partial charge on any atom is -0.332 e. The first kappa shape index (κ1) is 9.40. The smallest absolute Gasteiger partial charge is 0.105 e. The number of imidazole rings is 1. The molecule has 0 spiro atoms. The third-order valence-electron chi connectivity index (χ3n) is 3.99. The lowest BCUT2D eigenvalue weighted by atomic mass is 9.90. The lowest BCUT2D eigenvalue weighted by molar-refractivity contribution is 0.291. The Labute approximate surface area is 90.9 Å². The van der Waals surface area contributed by atoms with Crippen LogP contribution in [0.4, 0.5) is 0 Å². The maximum Gasteiger partial charge on any atom is 0.105 e. The van der Waals surface area contributed by atoms with E-state index in [9.17, 15) is 0 Å². The van der Waals surface area contributed by atoms with E-state index >= 15 is 0 Å². The SMILES string of the molecule is Cc1ncc2n1CC(C1CCCN1)CC2. The first-order chi connectivity index (χ1) is 7.34. The van der Waals surface area contributed by atoms with E-state index in [2.05, 4.69) is 21.8 Å². The van der Waals surface area contributed by atoms with Gasteiger partial charge in [0.2, 0.25) is 0 Å². The molecule has 82 valence electrons. The molecule has 3 rings (SSSR count). The molecule has 0 aliphatic carbocycles. The van der Waals surface area contributed by atoms with Gasteiger partial charge in [0.25, 0.3) is 0 Å². The zero-order valence-electron chi connectivity index (χ0n) is 9.37. The molecule has 1 aromatic rings. The molecular weight excluding hydrogens is 186 g/mol. The highest BCUT2D eigenvalue weighted by Gasteiger charge is 2.28. The van der Waals surface area contributed by atoms with E-state index in [-0.39, 0.29) is 0 Å². The van der Waals surface area contributed by atoms with Crippen LogP contribution in [-0.4, -0.2) is 22.1 Å². The fourth-order valence-corrected chi connectivity index (χ4v) is 3.07. The van der Waals surface area contributed by atoms with Crippen LogP contribution in [0.2, 0.25) is 0 Å². The molecule has 0 radical (unpaired) electrons. The maximum absolute atomic E-state index is 4.40. The third-order valence-corrected chi connectivity index (χ3v) is 3.99. The summed E-state index contributed by atoms with van der Waals surface area (Å²) < 4.78 is 2.41. The molecule has 2 unspecified atom stereocenters. The minimum atomic E-state index is 0.764. The maximum atomic E-state index is 4.40. The van der Waals surface area contributed by atoms with E-state index < -0.39 is 0 Å². The summed E-state index contributed by atoms with van der Waals surface area (Å²) in [6, 6.07) is 0.764. The van der Waals surface area contributed by atoms with Crippen molar-refractivity contribution in [3.8, 4) is 0 Å². The van der Waals surface area contributed by atoms with Crippen LogP contribution in [0.1, 0.15) is 30.8 Å². The Bertz CT molecular complexity index is 350. The molecule has 2 atom stereocenters. The van der Waals surface area contributed by atoms with Gasteiger partial charge in [-0.1, -0.05) is 0 Å². The Morgan fingerprint density at radius 1 is 1.47 bits per heavy atom. The van der Waals surface area contributed by atoms with Crippen molar-refractivity contribution >= 4 is 0 Å². The number of rotatable bonds is 1. The molecule has 1 aromatic heterocycles. The molecule has 1 saturated heterocycles. The molecule has 1 N–H and O–H groups in total. The summed E-state index contributed by atoms with van der Waals surface area (Å²) in [4.78, 5) is 4.40. The molecule has 0 aromatic carbocycles. The van der Waals surface area contributed by atoms with Crippen LogP contribution in [0.5, 0.6) is 0 Å². The molecule has 15 heavy (non-hydrogen) atoms. The number of aryl methyl sites for hydroxylation is 2. The normalized spacial score (nSPS) is 30.5. The molecule has 3 heterocycles. The fourth-order valence-electron chi connectivity index (χ4n) is 3.07. The van der Waals surface area contributed by atoms with E-state index in [0.29, 0.717) is 0 Å². The van der Waals surface area contributed by atoms with Gasteiger partial charge >= 0.3 is 0 Å². The summed E-state index contributed by atoms with van der Waals surface area (Å²) in [6.07, 6.45) is 7.32. The van der Waals surface area contributed by atoms with Crippen molar-refractivity contribution in [2.45, 2.75) is 45.2 Å². The second-order valence-corrected chi connectivity index (χ2v) is 4.91. The number of nitrogens with one attached hydrogen (secondary N) is 1. The molecule has 1 fully saturated rings. The third kappa shape index (κ3) is 1.59. The zero-order valence-corrected chi connectivity index (χ0v) is 9.37. The van der Waals surface area contributed by atoms with E-state index in [0.717, 1.165) is 12.0 Å². The van der Waals surface area contributed by atoms with Crippen LogP contribution >= 0.6 is 0 Å². The Hall–Kier alpha value is -0.830. The van der Waals surface area contributed by atoms with Gasteiger partial charge in [-0.05, 0) is 45.1 Å². The van der Waals surface area contributed by atoms with Crippen LogP contribution in [0.25, 0.3) is 0 Å². The number of fused-ring (bicyclic) bond motifs is 1. The predicted octanol–water partition coefficient (Wildman–Crippen LogP) is 1.51. The first-order valence-electron chi connectivity index (χ1n) is 6.09. The number of aromatic nitrogens is 2. The van der Waals surface area contributed by atoms with Crippen LogP contribution in [0.3, 0.4) is 0 Å². The second-order valence-electron chi connectivity index (χ2n) is 4.91. The summed E-state index contributed by atoms with van der Waals surface area (Å²) in [6.45, 7) is 4.52. The Morgan fingerprint density at radius 3 is 3.20 bits per heavy atom. The van der Waals surface area contributed by atoms with Crippen molar-refractivity contribution in [1.82, 2.24) is 14.9 Å². The monoisotopic (exact) mass is 205 g/mol. The highest BCUT2D eigenvalue weighted by molar-refractivity contribution is 5.08. The topological polar surface area (TPSA) is 29.9 Å². The van der Waals surface area contributed by atoms with Gasteiger partial charge in [0.05, 0.1) is 0 Å². The largest absolute Gasteiger partial charge is 0.332 e. The van der Waals surface area contributed by atoms with Gasteiger partial charge in [0.1, 0.15) is 5.82 Å². The van der Waals surface area contributed by atoms with Gasteiger partial charge in [-0.3, -0.25) is 0 Å². The second kappa shape index (κ2) is 3.63. The summed E-state index contributed by atoms with van der Waals surface area (Å²) in [5.74, 6) is 2.01. The van der Waals surface area contributed by atoms with Gasteiger partial charge < -0.3 is 9.88 Å². The average molecular weight is 205 g/mol. The highest BCUT2D eigenvalue weighted by atomic mass is 15.1. The van der Waals surface area contributed by atoms with E-state index in [1.54, 1.807) is 0 Å². The lowest BCUT2D eigenvalue weighted by Gasteiger charge is -2.29. The molecule has 3 nitrogen and oxygen atoms in total. The molecule has 0 saturated carbocycles. The van der Waals surface area contributed by atoms with Gasteiger partial charge in [0.15, 0.2) is 0 Å². The Balaban J connectivity index is 1.78. The fraction of sp³-hybridized carbons (Fsp3) is 0.750. The van der Waals surface area contributed by atoms with Crippen molar-refractivity contribution in [3.63, 3.8) is 0 Å². The average Bonchev–Trinajstić information content (AvgIpc) is 2.88. The van der Waals surface area contributed by atoms with Crippen molar-refractivity contribution in [2.24, 2.45) is 5.92 Å². The molecule has 3 heteroatoms. The lowest BCUT2D eigenvalue weighted by Crippen LogP contribution is -2.36. The quantitative estimate of drug-likeness (QED) is 0.753. The predicted molar refractivity (Wildman–Crippen MR) is 59.8 cm³/mol. The van der Waals surface area contributed by atoms with Crippen molar-refractivity contribution < 1.29 is 0 Å². The molecular formula is C12H19N3. The van der Waals surface area contributed by atoms with Gasteiger partial charge in [-0.25, -0.2) is 4.98 Å². The van der Waals surface area contributed by atoms with Crippen LogP contribution in [-0.2, 0) is 13.0 Å². The van der Waals surface area contributed by atoms with E-state index in [4.69, 9.17) is 0 Å². The van der Waals surface area contributed by atoms with E-state index in [1.165, 1.54) is 50.3 Å². The summed E-state index contributed by atoms with van der Waals surface area (Å²) in [5.41, 5.74) is 1.43. The zero-order chi connectivity index (χ0) is 10.3. The Morgan fingerprint density at radius 2 is 2.40 bits per heavy atom. The van der Waals surface area contributed by atoms with Gasteiger partial charge in [-0.2, -0.15) is 0 Å².